The van der Waals surface area contributed by atoms with Crippen molar-refractivity contribution < 1.29 is 4.79 Å². The lowest BCUT2D eigenvalue weighted by atomic mass is 10.3. The first-order valence-electron chi connectivity index (χ1n) is 4.55. The predicted octanol–water partition coefficient (Wildman–Crippen LogP) is -0.448. The minimum atomic E-state index is -0.190. The third-order valence-electron chi connectivity index (χ3n) is 1.38. The monoisotopic (exact) mass is 199 g/mol. The normalized spacial score (nSPS) is 12.0. The van der Waals surface area contributed by atoms with Crippen LogP contribution in [0, 0.1) is 0 Å². The first kappa shape index (κ1) is 12.6. The van der Waals surface area contributed by atoms with Gasteiger partial charge in [0, 0.05) is 12.6 Å². The summed E-state index contributed by atoms with van der Waals surface area (Å²) in [5.41, 5.74) is 12.9. The summed E-state index contributed by atoms with van der Waals surface area (Å²) in [5, 5.41) is 3.56. The van der Waals surface area contributed by atoms with E-state index >= 15 is 0 Å². The molecule has 0 aromatic carbocycles. The predicted molar refractivity (Wildman–Crippen MR) is 56.8 cm³/mol. The number of rotatable bonds is 5. The summed E-state index contributed by atoms with van der Waals surface area (Å²) >= 11 is 0. The second kappa shape index (κ2) is 8.18. The number of unbranched alkanes of at least 4 members (excludes halogenated alkanes) is 1. The molecule has 0 spiro atoms. The summed E-state index contributed by atoms with van der Waals surface area (Å²) in [5.74, 6) is -0.145. The third-order valence-corrected chi connectivity index (χ3v) is 1.38. The molecule has 0 radical (unpaired) electrons. The van der Waals surface area contributed by atoms with Gasteiger partial charge in [-0.1, -0.05) is 6.92 Å². The summed E-state index contributed by atoms with van der Waals surface area (Å²) in [6.07, 6.45) is 3.62. The minimum absolute atomic E-state index is 0.0452. The highest BCUT2D eigenvalue weighted by Crippen LogP contribution is 1.81. The van der Waals surface area contributed by atoms with Crippen molar-refractivity contribution in [3.8, 4) is 0 Å². The Kier molecular flexibility index (Phi) is 7.35. The molecule has 0 fully saturated rings. The number of hydrogen-bond acceptors (Lipinski definition) is 3. The summed E-state index contributed by atoms with van der Waals surface area (Å²) in [6, 6.07) is 0. The molecule has 6 nitrogen and oxygen atoms in total. The summed E-state index contributed by atoms with van der Waals surface area (Å²) < 4.78 is 0. The van der Waals surface area contributed by atoms with Crippen molar-refractivity contribution in [1.82, 2.24) is 5.43 Å². The molecule has 1 amide bonds. The maximum Gasteiger partial charge on any atom is 0.239 e. The Labute approximate surface area is 83.4 Å². The van der Waals surface area contributed by atoms with Gasteiger partial charge < -0.3 is 11.5 Å². The largest absolute Gasteiger partial charge is 0.367 e. The summed E-state index contributed by atoms with van der Waals surface area (Å²) in [6.45, 7) is 2.35. The Hall–Kier alpha value is -1.43. The van der Waals surface area contributed by atoms with Gasteiger partial charge in [0.05, 0.1) is 0 Å². The smallest absolute Gasteiger partial charge is 0.239 e. The van der Waals surface area contributed by atoms with E-state index in [0.29, 0.717) is 13.0 Å². The van der Waals surface area contributed by atoms with Crippen LogP contribution < -0.4 is 16.9 Å². The molecule has 80 valence electrons. The number of hydrazone groups is 1. The zero-order valence-electron chi connectivity index (χ0n) is 8.36. The van der Waals surface area contributed by atoms with E-state index in [1.54, 1.807) is 13.1 Å². The van der Waals surface area contributed by atoms with Crippen molar-refractivity contribution in [2.45, 2.75) is 26.2 Å². The SMILES string of the molecule is CCC(=O)NN=C(N)N=CCCCN. The van der Waals surface area contributed by atoms with E-state index in [4.69, 9.17) is 11.5 Å². The molecule has 0 heterocycles. The van der Waals surface area contributed by atoms with Crippen molar-refractivity contribution >= 4 is 18.1 Å². The highest BCUT2D eigenvalue weighted by atomic mass is 16.2. The summed E-state index contributed by atoms with van der Waals surface area (Å²) in [4.78, 5) is 14.6. The van der Waals surface area contributed by atoms with Gasteiger partial charge >= 0.3 is 0 Å². The maximum atomic E-state index is 10.8. The molecule has 0 rings (SSSR count). The highest BCUT2D eigenvalue weighted by molar-refractivity contribution is 5.87. The molecule has 0 aliphatic heterocycles. The van der Waals surface area contributed by atoms with Crippen LogP contribution >= 0.6 is 0 Å². The van der Waals surface area contributed by atoms with Gasteiger partial charge in [0.2, 0.25) is 11.9 Å². The molecular formula is C8H17N5O. The molecule has 0 aliphatic rings. The van der Waals surface area contributed by atoms with Gasteiger partial charge in [0.25, 0.3) is 0 Å². The van der Waals surface area contributed by atoms with Crippen LogP contribution in [0.4, 0.5) is 0 Å². The van der Waals surface area contributed by atoms with Crippen LogP contribution in [0.3, 0.4) is 0 Å². The first-order chi connectivity index (χ1) is 6.70. The summed E-state index contributed by atoms with van der Waals surface area (Å²) in [7, 11) is 0. The number of aliphatic imine (C=N–C) groups is 1. The Bertz CT molecular complexity index is 224. The quantitative estimate of drug-likeness (QED) is 0.242. The van der Waals surface area contributed by atoms with Crippen LogP contribution in [0.25, 0.3) is 0 Å². The second-order valence-electron chi connectivity index (χ2n) is 2.60. The molecule has 0 bridgehead atoms. The molecule has 0 unspecified atom stereocenters. The number of carbonyl (C=O) groups excluding carboxylic acids is 1. The van der Waals surface area contributed by atoms with Gasteiger partial charge in [0.1, 0.15) is 0 Å². The lowest BCUT2D eigenvalue weighted by Crippen LogP contribution is -2.21. The molecule has 14 heavy (non-hydrogen) atoms. The van der Waals surface area contributed by atoms with E-state index < -0.39 is 0 Å². The zero-order valence-corrected chi connectivity index (χ0v) is 8.36. The number of amides is 1. The van der Waals surface area contributed by atoms with Crippen LogP contribution in [0.5, 0.6) is 0 Å². The fourth-order valence-electron chi connectivity index (χ4n) is 0.595. The second-order valence-corrected chi connectivity index (χ2v) is 2.60. The fourth-order valence-corrected chi connectivity index (χ4v) is 0.595. The Balaban J connectivity index is 3.76. The van der Waals surface area contributed by atoms with Gasteiger partial charge in [-0.15, -0.1) is 5.10 Å². The van der Waals surface area contributed by atoms with Crippen LogP contribution in [-0.2, 0) is 4.79 Å². The number of nitrogens with one attached hydrogen (secondary N) is 1. The van der Waals surface area contributed by atoms with Gasteiger partial charge in [0.15, 0.2) is 0 Å². The van der Waals surface area contributed by atoms with E-state index in [0.717, 1.165) is 12.8 Å². The first-order valence-corrected chi connectivity index (χ1v) is 4.55. The zero-order chi connectivity index (χ0) is 10.8. The number of carbonyl (C=O) groups is 1. The molecule has 0 saturated carbocycles. The van der Waals surface area contributed by atoms with Gasteiger partial charge in [-0.3, -0.25) is 4.79 Å². The maximum absolute atomic E-state index is 10.8. The lowest BCUT2D eigenvalue weighted by molar-refractivity contribution is -0.120. The van der Waals surface area contributed by atoms with Crippen molar-refractivity contribution in [3.05, 3.63) is 0 Å². The van der Waals surface area contributed by atoms with Crippen LogP contribution in [-0.4, -0.2) is 24.6 Å². The highest BCUT2D eigenvalue weighted by Gasteiger charge is 1.92. The van der Waals surface area contributed by atoms with E-state index in [-0.39, 0.29) is 11.9 Å². The van der Waals surface area contributed by atoms with Crippen molar-refractivity contribution in [2.24, 2.45) is 21.6 Å². The van der Waals surface area contributed by atoms with Gasteiger partial charge in [-0.2, -0.15) is 0 Å². The van der Waals surface area contributed by atoms with E-state index in [9.17, 15) is 4.79 Å². The van der Waals surface area contributed by atoms with Crippen LogP contribution in [0.2, 0.25) is 0 Å². The van der Waals surface area contributed by atoms with Gasteiger partial charge in [-0.25, -0.2) is 10.4 Å². The van der Waals surface area contributed by atoms with Crippen LogP contribution in [0.15, 0.2) is 10.1 Å². The number of hydrogen-bond donors (Lipinski definition) is 3. The average Bonchev–Trinajstić information content (AvgIpc) is 2.21. The molecule has 0 saturated heterocycles. The van der Waals surface area contributed by atoms with Crippen molar-refractivity contribution in [2.75, 3.05) is 6.54 Å². The molecule has 5 N–H and O–H groups in total. The number of guanidine groups is 1. The van der Waals surface area contributed by atoms with Crippen molar-refractivity contribution in [3.63, 3.8) is 0 Å². The number of nitrogens with zero attached hydrogens (tertiary/aromatic N) is 2. The molecule has 0 aliphatic carbocycles. The van der Waals surface area contributed by atoms with Gasteiger partial charge in [-0.05, 0) is 19.4 Å². The molecule has 0 aromatic heterocycles. The van der Waals surface area contributed by atoms with E-state index in [1.807, 2.05) is 0 Å². The van der Waals surface area contributed by atoms with E-state index in [2.05, 4.69) is 15.5 Å². The topological polar surface area (TPSA) is 106 Å². The fraction of sp³-hybridized carbons (Fsp3) is 0.625. The third kappa shape index (κ3) is 7.23. The molecule has 6 heteroatoms. The average molecular weight is 199 g/mol. The molecular weight excluding hydrogens is 182 g/mol. The Morgan fingerprint density at radius 1 is 1.57 bits per heavy atom. The Morgan fingerprint density at radius 2 is 2.29 bits per heavy atom. The molecule has 0 atom stereocenters. The minimum Gasteiger partial charge on any atom is -0.367 e. The van der Waals surface area contributed by atoms with E-state index in [1.165, 1.54) is 0 Å². The van der Waals surface area contributed by atoms with Crippen molar-refractivity contribution in [1.29, 1.82) is 0 Å². The Morgan fingerprint density at radius 3 is 2.86 bits per heavy atom. The lowest BCUT2D eigenvalue weighted by Gasteiger charge is -1.95. The molecule has 0 aromatic rings. The number of nitrogens with two attached hydrogens (primary N) is 2. The standard InChI is InChI=1S/C8H17N5O/c1-2-7(14)12-13-8(10)11-6-4-3-5-9/h6H,2-5,9H2,1H3,(H2,10,13)(H,12,14). The van der Waals surface area contributed by atoms with Crippen LogP contribution in [0.1, 0.15) is 26.2 Å².